The summed E-state index contributed by atoms with van der Waals surface area (Å²) in [5.74, 6) is 1.22. The largest absolute Gasteiger partial charge is 0.349 e. The highest BCUT2D eigenvalue weighted by atomic mass is 35.5. The van der Waals surface area contributed by atoms with E-state index in [0.29, 0.717) is 10.8 Å². The van der Waals surface area contributed by atoms with Crippen molar-refractivity contribution in [3.8, 4) is 5.69 Å². The molecule has 2 aliphatic rings. The molecule has 0 spiro atoms. The van der Waals surface area contributed by atoms with Crippen molar-refractivity contribution < 1.29 is 4.79 Å². The fraction of sp³-hybridized carbons (Fsp3) is 0.423. The van der Waals surface area contributed by atoms with E-state index in [2.05, 4.69) is 49.2 Å². The number of amides is 1. The summed E-state index contributed by atoms with van der Waals surface area (Å²) in [5, 5.41) is 13.7. The Hall–Kier alpha value is -2.35. The van der Waals surface area contributed by atoms with Gasteiger partial charge in [-0.1, -0.05) is 54.0 Å². The molecule has 1 aliphatic carbocycles. The van der Waals surface area contributed by atoms with Gasteiger partial charge in [0.25, 0.3) is 0 Å². The minimum absolute atomic E-state index is 0.0231. The molecule has 5 rings (SSSR count). The zero-order valence-corrected chi connectivity index (χ0v) is 20.8. The summed E-state index contributed by atoms with van der Waals surface area (Å²) in [6.45, 7) is 2.92. The van der Waals surface area contributed by atoms with Gasteiger partial charge >= 0.3 is 0 Å². The summed E-state index contributed by atoms with van der Waals surface area (Å²) < 4.78 is 2.07. The first kappa shape index (κ1) is 23.4. The lowest BCUT2D eigenvalue weighted by atomic mass is 9.88. The maximum Gasteiger partial charge on any atom is 0.230 e. The van der Waals surface area contributed by atoms with Gasteiger partial charge in [-0.25, -0.2) is 0 Å². The summed E-state index contributed by atoms with van der Waals surface area (Å²) in [6.07, 6.45) is 6.90. The standard InChI is InChI=1S/C26H30ClN5OS/c27-20-11-13-21(14-12-20)32-24(17-31-15-4-1-5-16-31)29-30-26(32)34-18-25(33)28-23-10-6-8-19-7-2-3-9-22(19)23/h2-3,7,9,11-14,23H,1,4-6,8,10,15-18H2,(H,28,33)/t23-/m1/s1. The quantitative estimate of drug-likeness (QED) is 0.457. The van der Waals surface area contributed by atoms with Gasteiger partial charge < -0.3 is 5.32 Å². The Bertz CT molecular complexity index is 1130. The highest BCUT2D eigenvalue weighted by Gasteiger charge is 2.23. The van der Waals surface area contributed by atoms with Crippen LogP contribution >= 0.6 is 23.4 Å². The number of nitrogens with zero attached hydrogens (tertiary/aromatic N) is 4. The molecule has 2 aromatic carbocycles. The smallest absolute Gasteiger partial charge is 0.230 e. The number of aryl methyl sites for hydroxylation is 1. The number of aromatic nitrogens is 3. The van der Waals surface area contributed by atoms with Crippen molar-refractivity contribution in [2.45, 2.75) is 56.3 Å². The number of nitrogens with one attached hydrogen (secondary N) is 1. The summed E-state index contributed by atoms with van der Waals surface area (Å²) >= 11 is 7.57. The summed E-state index contributed by atoms with van der Waals surface area (Å²) in [4.78, 5) is 15.3. The number of piperidine rings is 1. The number of rotatable bonds is 7. The first-order valence-electron chi connectivity index (χ1n) is 12.1. The molecule has 2 heterocycles. The van der Waals surface area contributed by atoms with Gasteiger partial charge in [-0.3, -0.25) is 14.3 Å². The second-order valence-electron chi connectivity index (χ2n) is 9.05. The lowest BCUT2D eigenvalue weighted by Crippen LogP contribution is -2.32. The fourth-order valence-corrected chi connectivity index (χ4v) is 5.84. The average molecular weight is 496 g/mol. The summed E-state index contributed by atoms with van der Waals surface area (Å²) in [7, 11) is 0. The molecule has 0 unspecified atom stereocenters. The van der Waals surface area contributed by atoms with Crippen molar-refractivity contribution >= 4 is 29.3 Å². The maximum absolute atomic E-state index is 12.9. The molecule has 1 aromatic heterocycles. The van der Waals surface area contributed by atoms with Gasteiger partial charge in [-0.15, -0.1) is 10.2 Å². The molecule has 6 nitrogen and oxygen atoms in total. The predicted octanol–water partition coefficient (Wildman–Crippen LogP) is 5.19. The third kappa shape index (κ3) is 5.48. The van der Waals surface area contributed by atoms with Gasteiger partial charge in [0.15, 0.2) is 11.0 Å². The first-order chi connectivity index (χ1) is 16.7. The van der Waals surface area contributed by atoms with Gasteiger partial charge in [0.1, 0.15) is 0 Å². The SMILES string of the molecule is O=C(CSc1nnc(CN2CCCCC2)n1-c1ccc(Cl)cc1)N[C@@H]1CCCc2ccccc21. The summed E-state index contributed by atoms with van der Waals surface area (Å²) in [5.41, 5.74) is 3.56. The van der Waals surface area contributed by atoms with Gasteiger partial charge in [-0.05, 0) is 80.6 Å². The molecule has 0 saturated carbocycles. The van der Waals surface area contributed by atoms with E-state index in [4.69, 9.17) is 11.6 Å². The molecule has 1 aliphatic heterocycles. The van der Waals surface area contributed by atoms with E-state index in [1.54, 1.807) is 0 Å². The van der Waals surface area contributed by atoms with Gasteiger partial charge in [0.05, 0.1) is 18.3 Å². The van der Waals surface area contributed by atoms with Crippen molar-refractivity contribution in [3.05, 3.63) is 70.5 Å². The Kier molecular flexibility index (Phi) is 7.52. The molecular formula is C26H30ClN5OS. The van der Waals surface area contributed by atoms with Crippen LogP contribution in [0.3, 0.4) is 0 Å². The third-order valence-electron chi connectivity index (χ3n) is 6.64. The second-order valence-corrected chi connectivity index (χ2v) is 10.4. The lowest BCUT2D eigenvalue weighted by Gasteiger charge is -2.26. The van der Waals surface area contributed by atoms with Gasteiger partial charge in [0, 0.05) is 10.7 Å². The van der Waals surface area contributed by atoms with Crippen LogP contribution < -0.4 is 5.32 Å². The molecule has 34 heavy (non-hydrogen) atoms. The van der Waals surface area contributed by atoms with Gasteiger partial charge in [0.2, 0.25) is 5.91 Å². The van der Waals surface area contributed by atoms with Crippen LogP contribution in [0.15, 0.2) is 53.7 Å². The molecule has 0 radical (unpaired) electrons. The van der Waals surface area contributed by atoms with Crippen LogP contribution in [-0.4, -0.2) is 44.4 Å². The topological polar surface area (TPSA) is 63.1 Å². The minimum atomic E-state index is 0.0231. The fourth-order valence-electron chi connectivity index (χ4n) is 4.93. The van der Waals surface area contributed by atoms with Crippen molar-refractivity contribution in [1.82, 2.24) is 25.0 Å². The number of hydrogen-bond acceptors (Lipinski definition) is 5. The molecule has 178 valence electrons. The second kappa shape index (κ2) is 10.9. The number of likely N-dealkylation sites (tertiary alicyclic amines) is 1. The van der Waals surface area contributed by atoms with Crippen molar-refractivity contribution in [3.63, 3.8) is 0 Å². The Morgan fingerprint density at radius 1 is 1.03 bits per heavy atom. The highest BCUT2D eigenvalue weighted by molar-refractivity contribution is 7.99. The van der Waals surface area contributed by atoms with Crippen LogP contribution in [0.5, 0.6) is 0 Å². The highest BCUT2D eigenvalue weighted by Crippen LogP contribution is 2.30. The van der Waals surface area contributed by atoms with Crippen molar-refractivity contribution in [1.29, 1.82) is 0 Å². The Labute approximate surface area is 210 Å². The molecule has 1 fully saturated rings. The van der Waals surface area contributed by atoms with Crippen LogP contribution in [0.25, 0.3) is 5.69 Å². The number of carbonyl (C=O) groups excluding carboxylic acids is 1. The minimum Gasteiger partial charge on any atom is -0.349 e. The third-order valence-corrected chi connectivity index (χ3v) is 7.82. The molecule has 8 heteroatoms. The van der Waals surface area contributed by atoms with Crippen LogP contribution in [0.2, 0.25) is 5.02 Å². The van der Waals surface area contributed by atoms with E-state index in [1.807, 2.05) is 24.3 Å². The van der Waals surface area contributed by atoms with Crippen LogP contribution in [0.4, 0.5) is 0 Å². The number of hydrogen-bond donors (Lipinski definition) is 1. The van der Waals surface area contributed by atoms with E-state index in [-0.39, 0.29) is 11.9 Å². The van der Waals surface area contributed by atoms with Crippen molar-refractivity contribution in [2.75, 3.05) is 18.8 Å². The van der Waals surface area contributed by atoms with E-state index in [9.17, 15) is 4.79 Å². The van der Waals surface area contributed by atoms with E-state index in [0.717, 1.165) is 55.6 Å². The number of carbonyl (C=O) groups is 1. The normalized spacial score (nSPS) is 18.4. The van der Waals surface area contributed by atoms with E-state index < -0.39 is 0 Å². The zero-order chi connectivity index (χ0) is 23.3. The van der Waals surface area contributed by atoms with Gasteiger partial charge in [-0.2, -0.15) is 0 Å². The molecule has 1 amide bonds. The lowest BCUT2D eigenvalue weighted by molar-refractivity contribution is -0.119. The molecule has 0 bridgehead atoms. The Morgan fingerprint density at radius 3 is 2.65 bits per heavy atom. The molecule has 1 atom stereocenters. The number of halogens is 1. The number of fused-ring (bicyclic) bond motifs is 1. The number of benzene rings is 2. The van der Waals surface area contributed by atoms with E-state index in [1.165, 1.54) is 42.2 Å². The molecule has 1 saturated heterocycles. The predicted molar refractivity (Wildman–Crippen MR) is 136 cm³/mol. The maximum atomic E-state index is 12.9. The average Bonchev–Trinajstić information content (AvgIpc) is 3.26. The number of thioether (sulfide) groups is 1. The van der Waals surface area contributed by atoms with E-state index >= 15 is 0 Å². The van der Waals surface area contributed by atoms with Crippen LogP contribution in [0.1, 0.15) is 55.1 Å². The molecule has 1 N–H and O–H groups in total. The summed E-state index contributed by atoms with van der Waals surface area (Å²) in [6, 6.07) is 16.2. The van der Waals surface area contributed by atoms with Crippen LogP contribution in [-0.2, 0) is 17.8 Å². The first-order valence-corrected chi connectivity index (χ1v) is 13.5. The zero-order valence-electron chi connectivity index (χ0n) is 19.3. The monoisotopic (exact) mass is 495 g/mol. The van der Waals surface area contributed by atoms with Crippen LogP contribution in [0, 0.1) is 0 Å². The Balaban J connectivity index is 1.30. The van der Waals surface area contributed by atoms with Crippen molar-refractivity contribution in [2.24, 2.45) is 0 Å². The molecular weight excluding hydrogens is 466 g/mol. The Morgan fingerprint density at radius 2 is 1.82 bits per heavy atom. The molecule has 3 aromatic rings.